The van der Waals surface area contributed by atoms with Crippen LogP contribution in [0.3, 0.4) is 0 Å². The molecule has 0 amide bonds. The SMILES string of the molecule is COc1cc(-c2cnc(C)n2C)ccc1Nc1cc2cc(C(C=NCC3(C)COC3)=CN)ccc2cn1. The van der Waals surface area contributed by atoms with Crippen molar-refractivity contribution in [2.75, 3.05) is 32.2 Å². The molecule has 1 aliphatic rings. The molecule has 1 aliphatic heterocycles. The number of benzene rings is 2. The summed E-state index contributed by atoms with van der Waals surface area (Å²) in [6.45, 7) is 6.39. The molecule has 8 heteroatoms. The van der Waals surface area contributed by atoms with Crippen molar-refractivity contribution in [1.82, 2.24) is 14.5 Å². The second kappa shape index (κ2) is 10.1. The van der Waals surface area contributed by atoms with Crippen LogP contribution in [0.5, 0.6) is 5.75 Å². The molecule has 0 bridgehead atoms. The minimum Gasteiger partial charge on any atom is -0.495 e. The van der Waals surface area contributed by atoms with E-state index in [4.69, 9.17) is 15.2 Å². The van der Waals surface area contributed by atoms with E-state index in [2.05, 4.69) is 37.8 Å². The molecule has 5 rings (SSSR count). The predicted molar refractivity (Wildman–Crippen MR) is 149 cm³/mol. The number of hydrogen-bond acceptors (Lipinski definition) is 7. The van der Waals surface area contributed by atoms with Crippen LogP contribution in [0.4, 0.5) is 11.5 Å². The van der Waals surface area contributed by atoms with Gasteiger partial charge in [-0.1, -0.05) is 25.1 Å². The van der Waals surface area contributed by atoms with Crippen molar-refractivity contribution in [3.63, 3.8) is 0 Å². The van der Waals surface area contributed by atoms with Crippen LogP contribution >= 0.6 is 0 Å². The number of nitrogens with zero attached hydrogens (tertiary/aromatic N) is 4. The average Bonchev–Trinajstić information content (AvgIpc) is 3.23. The lowest BCUT2D eigenvalue weighted by molar-refractivity contribution is -0.0944. The van der Waals surface area contributed by atoms with Crippen molar-refractivity contribution in [2.45, 2.75) is 13.8 Å². The van der Waals surface area contributed by atoms with Crippen molar-refractivity contribution in [1.29, 1.82) is 0 Å². The van der Waals surface area contributed by atoms with E-state index >= 15 is 0 Å². The van der Waals surface area contributed by atoms with E-state index < -0.39 is 0 Å². The second-order valence-corrected chi connectivity index (χ2v) is 9.82. The van der Waals surface area contributed by atoms with E-state index in [-0.39, 0.29) is 5.41 Å². The predicted octanol–water partition coefficient (Wildman–Crippen LogP) is 5.10. The van der Waals surface area contributed by atoms with Gasteiger partial charge in [-0.3, -0.25) is 4.99 Å². The van der Waals surface area contributed by atoms with E-state index in [1.54, 1.807) is 13.3 Å². The molecule has 190 valence electrons. The molecule has 3 heterocycles. The summed E-state index contributed by atoms with van der Waals surface area (Å²) >= 11 is 0. The third-order valence-electron chi connectivity index (χ3n) is 6.82. The first-order chi connectivity index (χ1) is 17.9. The smallest absolute Gasteiger partial charge is 0.143 e. The summed E-state index contributed by atoms with van der Waals surface area (Å²) in [5.74, 6) is 2.40. The van der Waals surface area contributed by atoms with Crippen molar-refractivity contribution in [3.05, 3.63) is 72.4 Å². The Labute approximate surface area is 216 Å². The van der Waals surface area contributed by atoms with E-state index in [0.717, 1.165) is 76.0 Å². The number of fused-ring (bicyclic) bond motifs is 1. The molecule has 0 atom stereocenters. The first-order valence-corrected chi connectivity index (χ1v) is 12.2. The zero-order chi connectivity index (χ0) is 26.0. The number of rotatable bonds is 8. The summed E-state index contributed by atoms with van der Waals surface area (Å²) in [6, 6.07) is 14.3. The lowest BCUT2D eigenvalue weighted by atomic mass is 9.89. The van der Waals surface area contributed by atoms with Crippen LogP contribution in [-0.2, 0) is 11.8 Å². The van der Waals surface area contributed by atoms with Gasteiger partial charge in [0.05, 0.1) is 37.9 Å². The Morgan fingerprint density at radius 1 is 1.16 bits per heavy atom. The highest BCUT2D eigenvalue weighted by Crippen LogP contribution is 2.33. The number of anilines is 2. The summed E-state index contributed by atoms with van der Waals surface area (Å²) in [7, 11) is 3.67. The third-order valence-corrected chi connectivity index (χ3v) is 6.82. The van der Waals surface area contributed by atoms with Gasteiger partial charge in [-0.05, 0) is 42.1 Å². The summed E-state index contributed by atoms with van der Waals surface area (Å²) in [4.78, 5) is 13.6. The number of allylic oxidation sites excluding steroid dienone is 1. The standard InChI is InChI=1S/C29H32N6O2/c1-19-32-15-26(35(19)3)21-7-8-25(27(10-21)36-4)34-28-11-23-9-20(5-6-22(23)14-33-28)24(12-30)13-31-16-29(2)17-37-18-29/h5-15H,16-18,30H2,1-4H3,(H,33,34). The molecule has 1 saturated heterocycles. The average molecular weight is 497 g/mol. The van der Waals surface area contributed by atoms with Crippen LogP contribution in [0.2, 0.25) is 0 Å². The Hall–Kier alpha value is -4.17. The Morgan fingerprint density at radius 3 is 2.68 bits per heavy atom. The summed E-state index contributed by atoms with van der Waals surface area (Å²) in [5, 5.41) is 5.49. The maximum absolute atomic E-state index is 5.95. The normalized spacial score (nSPS) is 15.2. The molecule has 2 aromatic heterocycles. The van der Waals surface area contributed by atoms with Crippen LogP contribution in [-0.4, -0.2) is 47.6 Å². The number of aliphatic imine (C=N–C) groups is 1. The summed E-state index contributed by atoms with van der Waals surface area (Å²) < 4.78 is 13.1. The number of aryl methyl sites for hydroxylation is 1. The quantitative estimate of drug-likeness (QED) is 0.329. The van der Waals surface area contributed by atoms with Crippen LogP contribution < -0.4 is 15.8 Å². The maximum atomic E-state index is 5.95. The highest BCUT2D eigenvalue weighted by atomic mass is 16.5. The molecule has 0 radical (unpaired) electrons. The molecule has 2 aromatic carbocycles. The molecule has 3 N–H and O–H groups in total. The van der Waals surface area contributed by atoms with E-state index in [0.29, 0.717) is 0 Å². The number of hydrogen-bond donors (Lipinski definition) is 2. The van der Waals surface area contributed by atoms with Crippen LogP contribution in [0.1, 0.15) is 18.3 Å². The summed E-state index contributed by atoms with van der Waals surface area (Å²) in [5.41, 5.74) is 10.8. The second-order valence-electron chi connectivity index (χ2n) is 9.82. The minimum absolute atomic E-state index is 0.127. The van der Waals surface area contributed by atoms with E-state index in [1.807, 2.05) is 69.0 Å². The molecule has 0 saturated carbocycles. The maximum Gasteiger partial charge on any atom is 0.143 e. The Kier molecular flexibility index (Phi) is 6.67. The molecule has 8 nitrogen and oxygen atoms in total. The fourth-order valence-corrected chi connectivity index (χ4v) is 4.37. The number of ether oxygens (including phenoxy) is 2. The van der Waals surface area contributed by atoms with Crippen molar-refractivity contribution in [2.24, 2.45) is 23.2 Å². The molecule has 0 spiro atoms. The number of nitrogens with two attached hydrogens (primary N) is 1. The fraction of sp³-hybridized carbons (Fsp3) is 0.276. The molecule has 0 aliphatic carbocycles. The number of pyridine rings is 1. The minimum atomic E-state index is 0.127. The van der Waals surface area contributed by atoms with Crippen LogP contribution in [0.25, 0.3) is 27.6 Å². The lowest BCUT2D eigenvalue weighted by Crippen LogP contribution is -2.42. The molecule has 1 fully saturated rings. The zero-order valence-corrected chi connectivity index (χ0v) is 21.7. The Morgan fingerprint density at radius 2 is 2.00 bits per heavy atom. The van der Waals surface area contributed by atoms with Gasteiger partial charge >= 0.3 is 0 Å². The van der Waals surface area contributed by atoms with Gasteiger partial charge < -0.3 is 25.1 Å². The number of methoxy groups -OCH3 is 1. The van der Waals surface area contributed by atoms with Crippen LogP contribution in [0.15, 0.2) is 66.1 Å². The van der Waals surface area contributed by atoms with Gasteiger partial charge in [0.15, 0.2) is 0 Å². The highest BCUT2D eigenvalue weighted by molar-refractivity contribution is 6.10. The Bertz CT molecular complexity index is 1500. The van der Waals surface area contributed by atoms with Gasteiger partial charge in [0, 0.05) is 54.1 Å². The molecule has 37 heavy (non-hydrogen) atoms. The van der Waals surface area contributed by atoms with Crippen molar-refractivity contribution in [3.8, 4) is 17.0 Å². The summed E-state index contributed by atoms with van der Waals surface area (Å²) in [6.07, 6.45) is 7.18. The van der Waals surface area contributed by atoms with Crippen molar-refractivity contribution >= 4 is 34.1 Å². The molecule has 4 aromatic rings. The fourth-order valence-electron chi connectivity index (χ4n) is 4.37. The number of imidazole rings is 1. The van der Waals surface area contributed by atoms with Gasteiger partial charge in [-0.2, -0.15) is 0 Å². The first kappa shape index (κ1) is 24.5. The zero-order valence-electron chi connectivity index (χ0n) is 21.7. The molecular formula is C29H32N6O2. The van der Waals surface area contributed by atoms with Gasteiger partial charge in [-0.15, -0.1) is 0 Å². The van der Waals surface area contributed by atoms with E-state index in [9.17, 15) is 0 Å². The largest absolute Gasteiger partial charge is 0.495 e. The number of nitrogens with one attached hydrogen (secondary N) is 1. The molecule has 0 unspecified atom stereocenters. The van der Waals surface area contributed by atoms with E-state index in [1.165, 1.54) is 0 Å². The topological polar surface area (TPSA) is 99.6 Å². The first-order valence-electron chi connectivity index (χ1n) is 12.2. The highest BCUT2D eigenvalue weighted by Gasteiger charge is 2.32. The molecular weight excluding hydrogens is 464 g/mol. The van der Waals surface area contributed by atoms with Gasteiger partial charge in [0.25, 0.3) is 0 Å². The monoisotopic (exact) mass is 496 g/mol. The van der Waals surface area contributed by atoms with Gasteiger partial charge in [-0.25, -0.2) is 9.97 Å². The lowest BCUT2D eigenvalue weighted by Gasteiger charge is -2.36. The van der Waals surface area contributed by atoms with Crippen LogP contribution in [0, 0.1) is 12.3 Å². The van der Waals surface area contributed by atoms with Gasteiger partial charge in [0.1, 0.15) is 17.4 Å². The Balaban J connectivity index is 1.38. The third kappa shape index (κ3) is 5.06. The van der Waals surface area contributed by atoms with Gasteiger partial charge in [0.2, 0.25) is 0 Å². The number of aromatic nitrogens is 3. The van der Waals surface area contributed by atoms with Crippen molar-refractivity contribution < 1.29 is 9.47 Å².